The molecule has 25 heavy (non-hydrogen) atoms. The van der Waals surface area contributed by atoms with E-state index in [9.17, 15) is 4.79 Å². The summed E-state index contributed by atoms with van der Waals surface area (Å²) >= 11 is 0. The minimum atomic E-state index is 0.0395. The van der Waals surface area contributed by atoms with E-state index in [4.69, 9.17) is 0 Å². The zero-order valence-corrected chi connectivity index (χ0v) is 15.7. The van der Waals surface area contributed by atoms with E-state index in [0.29, 0.717) is 23.7 Å². The first-order valence-corrected chi connectivity index (χ1v) is 9.78. The third-order valence-corrected chi connectivity index (χ3v) is 6.25. The Morgan fingerprint density at radius 2 is 1.68 bits per heavy atom. The number of amides is 1. The van der Waals surface area contributed by atoms with Crippen LogP contribution in [0.25, 0.3) is 0 Å². The van der Waals surface area contributed by atoms with Gasteiger partial charge in [0.15, 0.2) is 0 Å². The normalized spacial score (nSPS) is 27.2. The van der Waals surface area contributed by atoms with Gasteiger partial charge >= 0.3 is 0 Å². The van der Waals surface area contributed by atoms with Crippen molar-refractivity contribution in [1.82, 2.24) is 14.9 Å². The maximum Gasteiger partial charge on any atom is 0.225 e. The van der Waals surface area contributed by atoms with E-state index in [-0.39, 0.29) is 5.41 Å². The maximum absolute atomic E-state index is 12.7. The molecule has 2 atom stereocenters. The van der Waals surface area contributed by atoms with E-state index in [0.717, 1.165) is 50.5 Å². The molecule has 3 heterocycles. The molecule has 136 valence electrons. The summed E-state index contributed by atoms with van der Waals surface area (Å²) in [5.41, 5.74) is 1.13. The highest BCUT2D eigenvalue weighted by Crippen LogP contribution is 2.36. The number of hydrogen-bond acceptors (Lipinski definition) is 4. The molecule has 5 nitrogen and oxygen atoms in total. The number of aromatic nitrogens is 2. The molecule has 1 aliphatic carbocycles. The second-order valence-electron chi connectivity index (χ2n) is 9.16. The summed E-state index contributed by atoms with van der Waals surface area (Å²) in [4.78, 5) is 26.2. The van der Waals surface area contributed by atoms with Crippen molar-refractivity contribution in [3.05, 3.63) is 18.1 Å². The molecule has 0 spiro atoms. The van der Waals surface area contributed by atoms with Gasteiger partial charge in [0.1, 0.15) is 12.1 Å². The number of anilines is 1. The fourth-order valence-electron chi connectivity index (χ4n) is 4.72. The summed E-state index contributed by atoms with van der Waals surface area (Å²) in [6.45, 7) is 10.5. The van der Waals surface area contributed by atoms with Gasteiger partial charge in [0.25, 0.3) is 0 Å². The molecule has 1 aromatic heterocycles. The molecule has 2 unspecified atom stereocenters. The van der Waals surface area contributed by atoms with E-state index in [1.165, 1.54) is 12.8 Å². The van der Waals surface area contributed by atoms with Crippen molar-refractivity contribution in [2.45, 2.75) is 51.9 Å². The first kappa shape index (κ1) is 16.8. The fraction of sp³-hybridized carbons (Fsp3) is 0.750. The molecular formula is C20H30N4O. The van der Waals surface area contributed by atoms with E-state index < -0.39 is 0 Å². The molecule has 1 saturated carbocycles. The molecule has 0 aromatic carbocycles. The van der Waals surface area contributed by atoms with Crippen LogP contribution < -0.4 is 4.90 Å². The Hall–Kier alpha value is -1.65. The number of nitrogens with zero attached hydrogens (tertiary/aromatic N) is 4. The molecule has 2 saturated heterocycles. The number of carbonyl (C=O) groups excluding carboxylic acids is 1. The Balaban J connectivity index is 1.40. The second kappa shape index (κ2) is 6.26. The standard InChI is InChI=1S/C20H30N4O/c1-20(2,3)17-8-18(22-13-21-17)23-9-15-11-24(12-16(15)10-23)19(25)14-6-4-5-7-14/h8,13-16H,4-7,9-12H2,1-3H3. The van der Waals surface area contributed by atoms with Crippen LogP contribution in [0.15, 0.2) is 12.4 Å². The van der Waals surface area contributed by atoms with Crippen molar-refractivity contribution in [2.24, 2.45) is 17.8 Å². The Morgan fingerprint density at radius 3 is 2.28 bits per heavy atom. The van der Waals surface area contributed by atoms with Crippen LogP contribution in [0.1, 0.15) is 52.1 Å². The van der Waals surface area contributed by atoms with Gasteiger partial charge in [0, 0.05) is 55.4 Å². The van der Waals surface area contributed by atoms with Gasteiger partial charge in [-0.1, -0.05) is 33.6 Å². The lowest BCUT2D eigenvalue weighted by Crippen LogP contribution is -2.36. The van der Waals surface area contributed by atoms with Crippen LogP contribution in [0.3, 0.4) is 0 Å². The van der Waals surface area contributed by atoms with Crippen molar-refractivity contribution >= 4 is 11.7 Å². The minimum Gasteiger partial charge on any atom is -0.356 e. The van der Waals surface area contributed by atoms with E-state index in [2.05, 4.69) is 46.6 Å². The van der Waals surface area contributed by atoms with Gasteiger partial charge in [-0.05, 0) is 12.8 Å². The van der Waals surface area contributed by atoms with Crippen LogP contribution >= 0.6 is 0 Å². The van der Waals surface area contributed by atoms with Gasteiger partial charge in [-0.2, -0.15) is 0 Å². The zero-order valence-electron chi connectivity index (χ0n) is 15.7. The molecule has 3 aliphatic rings. The summed E-state index contributed by atoms with van der Waals surface area (Å²) in [5, 5.41) is 0. The number of likely N-dealkylation sites (tertiary alicyclic amines) is 1. The van der Waals surface area contributed by atoms with Gasteiger partial charge < -0.3 is 9.80 Å². The number of fused-ring (bicyclic) bond motifs is 1. The molecule has 4 rings (SSSR count). The highest BCUT2D eigenvalue weighted by Gasteiger charge is 2.43. The predicted molar refractivity (Wildman–Crippen MR) is 98.5 cm³/mol. The Morgan fingerprint density at radius 1 is 1.04 bits per heavy atom. The monoisotopic (exact) mass is 342 g/mol. The van der Waals surface area contributed by atoms with Crippen molar-refractivity contribution in [3.63, 3.8) is 0 Å². The maximum atomic E-state index is 12.7. The molecular weight excluding hydrogens is 312 g/mol. The molecule has 0 radical (unpaired) electrons. The molecule has 5 heteroatoms. The Labute approximate surface area is 150 Å². The van der Waals surface area contributed by atoms with Crippen molar-refractivity contribution < 1.29 is 4.79 Å². The van der Waals surface area contributed by atoms with E-state index in [1.807, 2.05) is 0 Å². The third kappa shape index (κ3) is 3.25. The van der Waals surface area contributed by atoms with Gasteiger partial charge in [-0.15, -0.1) is 0 Å². The van der Waals surface area contributed by atoms with Crippen molar-refractivity contribution in [1.29, 1.82) is 0 Å². The van der Waals surface area contributed by atoms with Crippen molar-refractivity contribution in [3.8, 4) is 0 Å². The highest BCUT2D eigenvalue weighted by molar-refractivity contribution is 5.79. The largest absolute Gasteiger partial charge is 0.356 e. The predicted octanol–water partition coefficient (Wildman–Crippen LogP) is 2.86. The van der Waals surface area contributed by atoms with Gasteiger partial charge in [-0.25, -0.2) is 9.97 Å². The van der Waals surface area contributed by atoms with E-state index in [1.54, 1.807) is 6.33 Å². The fourth-order valence-corrected chi connectivity index (χ4v) is 4.72. The summed E-state index contributed by atoms with van der Waals surface area (Å²) < 4.78 is 0. The first-order chi connectivity index (χ1) is 11.9. The summed E-state index contributed by atoms with van der Waals surface area (Å²) in [7, 11) is 0. The van der Waals surface area contributed by atoms with Crippen LogP contribution in [-0.2, 0) is 10.2 Å². The Bertz CT molecular complexity index is 633. The number of hydrogen-bond donors (Lipinski definition) is 0. The lowest BCUT2D eigenvalue weighted by Gasteiger charge is -2.25. The first-order valence-electron chi connectivity index (χ1n) is 9.78. The number of carbonyl (C=O) groups is 1. The lowest BCUT2D eigenvalue weighted by atomic mass is 9.92. The smallest absolute Gasteiger partial charge is 0.225 e. The van der Waals surface area contributed by atoms with Gasteiger partial charge in [0.2, 0.25) is 5.91 Å². The average Bonchev–Trinajstić information content (AvgIpc) is 3.29. The summed E-state index contributed by atoms with van der Waals surface area (Å²) in [6, 6.07) is 2.14. The molecule has 0 bridgehead atoms. The van der Waals surface area contributed by atoms with Crippen LogP contribution in [0.2, 0.25) is 0 Å². The lowest BCUT2D eigenvalue weighted by molar-refractivity contribution is -0.134. The topological polar surface area (TPSA) is 49.3 Å². The molecule has 2 aliphatic heterocycles. The SMILES string of the molecule is CC(C)(C)c1cc(N2CC3CN(C(=O)C4CCCC4)CC3C2)ncn1. The van der Waals surface area contributed by atoms with E-state index >= 15 is 0 Å². The minimum absolute atomic E-state index is 0.0395. The van der Waals surface area contributed by atoms with Gasteiger partial charge in [0.05, 0.1) is 5.69 Å². The summed E-state index contributed by atoms with van der Waals surface area (Å²) in [5.74, 6) is 2.97. The Kier molecular flexibility index (Phi) is 4.20. The molecule has 1 aromatic rings. The second-order valence-corrected chi connectivity index (χ2v) is 9.16. The zero-order chi connectivity index (χ0) is 17.6. The quantitative estimate of drug-likeness (QED) is 0.829. The summed E-state index contributed by atoms with van der Waals surface area (Å²) in [6.07, 6.45) is 6.37. The molecule has 0 N–H and O–H groups in total. The molecule has 3 fully saturated rings. The third-order valence-electron chi connectivity index (χ3n) is 6.25. The van der Waals surface area contributed by atoms with Crippen LogP contribution in [0.5, 0.6) is 0 Å². The van der Waals surface area contributed by atoms with Crippen LogP contribution in [0.4, 0.5) is 5.82 Å². The van der Waals surface area contributed by atoms with Crippen LogP contribution in [-0.4, -0.2) is 47.0 Å². The van der Waals surface area contributed by atoms with Crippen molar-refractivity contribution in [2.75, 3.05) is 31.1 Å². The number of rotatable bonds is 2. The van der Waals surface area contributed by atoms with Gasteiger partial charge in [-0.3, -0.25) is 4.79 Å². The highest BCUT2D eigenvalue weighted by atomic mass is 16.2. The molecule has 1 amide bonds. The average molecular weight is 342 g/mol. The van der Waals surface area contributed by atoms with Crippen LogP contribution in [0, 0.1) is 17.8 Å².